The first-order valence-corrected chi connectivity index (χ1v) is 20.0. The van der Waals surface area contributed by atoms with Gasteiger partial charge in [-0.3, -0.25) is 9.59 Å². The third-order valence-electron chi connectivity index (χ3n) is 8.45. The molecule has 0 spiro atoms. The fourth-order valence-corrected chi connectivity index (χ4v) is 5.33. The average Bonchev–Trinajstić information content (AvgIpc) is 3.09. The minimum absolute atomic E-state index is 0.0126. The van der Waals surface area contributed by atoms with Crippen molar-refractivity contribution in [2.45, 2.75) is 148 Å². The summed E-state index contributed by atoms with van der Waals surface area (Å²) in [5.74, 6) is -1.85. The Bertz CT molecular complexity index is 1080. The number of unbranched alkanes of at least 4 members (excludes halogenated alkanes) is 12. The Morgan fingerprint density at radius 1 is 0.596 bits per heavy atom. The number of hydrogen-bond acceptors (Lipinski definition) is 7. The van der Waals surface area contributed by atoms with Crippen LogP contribution in [0.15, 0.2) is 72.9 Å². The van der Waals surface area contributed by atoms with Gasteiger partial charge >= 0.3 is 11.9 Å². The molecule has 0 aromatic heterocycles. The van der Waals surface area contributed by atoms with Gasteiger partial charge in [0.2, 0.25) is 0 Å². The first-order chi connectivity index (χ1) is 25.1. The van der Waals surface area contributed by atoms with E-state index in [1.165, 1.54) is 57.8 Å². The average molecular weight is 728 g/mol. The summed E-state index contributed by atoms with van der Waals surface area (Å²) in [7, 11) is 5.37. The molecule has 0 aliphatic rings. The summed E-state index contributed by atoms with van der Waals surface area (Å²) in [6.07, 6.45) is 42.2. The summed E-state index contributed by atoms with van der Waals surface area (Å²) < 4.78 is 17.0. The van der Waals surface area contributed by atoms with Gasteiger partial charge in [-0.25, -0.2) is 0 Å². The van der Waals surface area contributed by atoms with Crippen molar-refractivity contribution in [3.63, 3.8) is 0 Å². The Kier molecular flexibility index (Phi) is 32.7. The van der Waals surface area contributed by atoms with Crippen molar-refractivity contribution in [1.82, 2.24) is 0 Å². The van der Waals surface area contributed by atoms with E-state index < -0.39 is 18.1 Å². The van der Waals surface area contributed by atoms with Crippen molar-refractivity contribution >= 4 is 17.9 Å². The lowest BCUT2D eigenvalue weighted by Crippen LogP contribution is -2.55. The predicted molar refractivity (Wildman–Crippen MR) is 212 cm³/mol. The number of carbonyl (C=O) groups excluding carboxylic acids is 3. The van der Waals surface area contributed by atoms with Gasteiger partial charge in [0.25, 0.3) is 0 Å². The largest absolute Gasteiger partial charge is 0.544 e. The zero-order chi connectivity index (χ0) is 38.5. The number of nitrogens with zero attached hydrogens (tertiary/aromatic N) is 1. The van der Waals surface area contributed by atoms with Crippen LogP contribution in [0, 0.1) is 0 Å². The van der Waals surface area contributed by atoms with Crippen LogP contribution in [0.2, 0.25) is 0 Å². The van der Waals surface area contributed by atoms with Crippen molar-refractivity contribution in [2.24, 2.45) is 0 Å². The number of ether oxygens (including phenoxy) is 3. The van der Waals surface area contributed by atoms with E-state index in [-0.39, 0.29) is 49.1 Å². The molecule has 2 unspecified atom stereocenters. The number of carboxylic acid groups (broad SMARTS) is 1. The van der Waals surface area contributed by atoms with Gasteiger partial charge in [0.15, 0.2) is 6.10 Å². The number of hydrogen-bond donors (Lipinski definition) is 0. The molecule has 0 aliphatic carbocycles. The number of rotatable bonds is 34. The van der Waals surface area contributed by atoms with Gasteiger partial charge < -0.3 is 28.6 Å². The van der Waals surface area contributed by atoms with Gasteiger partial charge in [0.1, 0.15) is 12.6 Å². The highest BCUT2D eigenvalue weighted by Gasteiger charge is 2.25. The lowest BCUT2D eigenvalue weighted by atomic mass is 10.1. The molecule has 0 heterocycles. The normalized spacial score (nSPS) is 13.8. The molecule has 2 atom stereocenters. The Balaban J connectivity index is 4.53. The molecule has 8 heteroatoms. The fourth-order valence-electron chi connectivity index (χ4n) is 5.33. The molecule has 0 saturated carbocycles. The molecule has 0 bridgehead atoms. The van der Waals surface area contributed by atoms with Crippen molar-refractivity contribution in [2.75, 3.05) is 41.0 Å². The Labute approximate surface area is 317 Å². The highest BCUT2D eigenvalue weighted by molar-refractivity contribution is 5.70. The van der Waals surface area contributed by atoms with Crippen LogP contribution >= 0.6 is 0 Å². The van der Waals surface area contributed by atoms with Gasteiger partial charge in [-0.15, -0.1) is 0 Å². The number of carbonyl (C=O) groups is 3. The van der Waals surface area contributed by atoms with Crippen LogP contribution in [0.25, 0.3) is 0 Å². The molecule has 0 aromatic carbocycles. The van der Waals surface area contributed by atoms with Gasteiger partial charge in [-0.05, 0) is 51.4 Å². The second-order valence-corrected chi connectivity index (χ2v) is 14.3. The fraction of sp³-hybridized carbons (Fsp3) is 0.659. The number of aliphatic carboxylic acids is 1. The Morgan fingerprint density at radius 3 is 1.69 bits per heavy atom. The zero-order valence-electron chi connectivity index (χ0n) is 33.4. The molecule has 0 rings (SSSR count). The number of likely N-dealkylation sites (N-methyl/N-ethyl adjacent to an activating group) is 1. The Hall–Kier alpha value is -3.23. The standard InChI is InChI=1S/C44H73NO7/c1-6-8-10-12-14-16-18-20-21-23-25-27-29-31-33-35-43(47)52-40(38-50-37-36-41(44(48)49)45(3,4)5)39-51-42(46)34-32-30-28-26-24-22-19-17-15-13-11-9-7-2/h9,11,13,15-19,22,24,26,28,40-41H,6-8,10,12,14,20-21,23,25,27,29-39H2,1-5H3/b11-9+,15-13+,18-16+,19-17+,24-22+,28-26+. The molecule has 0 saturated heterocycles. The van der Waals surface area contributed by atoms with Gasteiger partial charge in [-0.2, -0.15) is 0 Å². The van der Waals surface area contributed by atoms with E-state index >= 15 is 0 Å². The smallest absolute Gasteiger partial charge is 0.306 e. The molecule has 52 heavy (non-hydrogen) atoms. The molecular formula is C44H73NO7. The zero-order valence-corrected chi connectivity index (χ0v) is 33.4. The first-order valence-electron chi connectivity index (χ1n) is 20.0. The van der Waals surface area contributed by atoms with E-state index in [1.807, 2.05) is 54.7 Å². The van der Waals surface area contributed by atoms with E-state index in [2.05, 4.69) is 32.1 Å². The summed E-state index contributed by atoms with van der Waals surface area (Å²) >= 11 is 0. The number of esters is 2. The SMILES string of the molecule is CC/C=C/C=C/C=C/C=C/C=C/CCCC(=O)OCC(COCCC(C(=O)[O-])[N+](C)(C)C)OC(=O)CCCCCCCCC/C=C/CCCCCC. The predicted octanol–water partition coefficient (Wildman–Crippen LogP) is 9.07. The second-order valence-electron chi connectivity index (χ2n) is 14.3. The van der Waals surface area contributed by atoms with Crippen molar-refractivity contribution in [3.05, 3.63) is 72.9 Å². The monoisotopic (exact) mass is 728 g/mol. The van der Waals surface area contributed by atoms with Crippen molar-refractivity contribution in [3.8, 4) is 0 Å². The quantitative estimate of drug-likeness (QED) is 0.0214. The molecule has 0 aliphatic heterocycles. The number of allylic oxidation sites excluding steroid dienone is 12. The summed E-state index contributed by atoms with van der Waals surface area (Å²) in [5.41, 5.74) is 0. The first kappa shape index (κ1) is 48.8. The lowest BCUT2D eigenvalue weighted by Gasteiger charge is -2.34. The topological polar surface area (TPSA) is 102 Å². The molecule has 8 nitrogen and oxygen atoms in total. The summed E-state index contributed by atoms with van der Waals surface area (Å²) in [6, 6.07) is -0.739. The molecular weight excluding hydrogens is 654 g/mol. The molecule has 296 valence electrons. The summed E-state index contributed by atoms with van der Waals surface area (Å²) in [4.78, 5) is 36.7. The summed E-state index contributed by atoms with van der Waals surface area (Å²) in [5, 5.41) is 11.6. The molecule has 0 aromatic rings. The maximum atomic E-state index is 12.7. The maximum absolute atomic E-state index is 12.7. The van der Waals surface area contributed by atoms with Crippen LogP contribution in [-0.4, -0.2) is 75.5 Å². The molecule has 0 N–H and O–H groups in total. The van der Waals surface area contributed by atoms with Crippen LogP contribution in [0.4, 0.5) is 0 Å². The number of quaternary nitrogens is 1. The van der Waals surface area contributed by atoms with Crippen LogP contribution in [0.1, 0.15) is 136 Å². The lowest BCUT2D eigenvalue weighted by molar-refractivity contribution is -0.889. The van der Waals surface area contributed by atoms with Gasteiger partial charge in [0.05, 0.1) is 40.3 Å². The minimum atomic E-state index is -1.14. The summed E-state index contributed by atoms with van der Waals surface area (Å²) in [6.45, 7) is 4.39. The van der Waals surface area contributed by atoms with Crippen LogP contribution in [0.3, 0.4) is 0 Å². The second kappa shape index (κ2) is 34.8. The highest BCUT2D eigenvalue weighted by Crippen LogP contribution is 2.13. The van der Waals surface area contributed by atoms with Crippen LogP contribution in [0.5, 0.6) is 0 Å². The third kappa shape index (κ3) is 32.7. The molecule has 0 amide bonds. The van der Waals surface area contributed by atoms with Gasteiger partial charge in [-0.1, -0.05) is 138 Å². The third-order valence-corrected chi connectivity index (χ3v) is 8.45. The van der Waals surface area contributed by atoms with Crippen molar-refractivity contribution < 1.29 is 38.2 Å². The highest BCUT2D eigenvalue weighted by atomic mass is 16.6. The van der Waals surface area contributed by atoms with Crippen LogP contribution < -0.4 is 5.11 Å². The van der Waals surface area contributed by atoms with E-state index in [4.69, 9.17) is 14.2 Å². The van der Waals surface area contributed by atoms with Crippen LogP contribution in [-0.2, 0) is 28.6 Å². The molecule has 0 radical (unpaired) electrons. The van der Waals surface area contributed by atoms with E-state index in [0.717, 1.165) is 38.5 Å². The van der Waals surface area contributed by atoms with E-state index in [1.54, 1.807) is 21.1 Å². The maximum Gasteiger partial charge on any atom is 0.306 e. The van der Waals surface area contributed by atoms with E-state index in [0.29, 0.717) is 12.8 Å². The van der Waals surface area contributed by atoms with E-state index in [9.17, 15) is 19.5 Å². The van der Waals surface area contributed by atoms with Gasteiger partial charge in [0, 0.05) is 19.3 Å². The van der Waals surface area contributed by atoms with Crippen molar-refractivity contribution in [1.29, 1.82) is 0 Å². The molecule has 0 fully saturated rings. The minimum Gasteiger partial charge on any atom is -0.544 e. The number of carboxylic acids is 1. The Morgan fingerprint density at radius 2 is 1.12 bits per heavy atom.